The van der Waals surface area contributed by atoms with E-state index in [1.165, 1.54) is 0 Å². The lowest BCUT2D eigenvalue weighted by molar-refractivity contribution is 0.412. The van der Waals surface area contributed by atoms with Gasteiger partial charge in [0.25, 0.3) is 0 Å². The first-order valence-corrected chi connectivity index (χ1v) is 5.09. The van der Waals surface area contributed by atoms with E-state index in [2.05, 4.69) is 25.9 Å². The average molecular weight is 286 g/mol. The molecular formula is C9H12BrN5O. The first-order valence-electron chi connectivity index (χ1n) is 4.30. The van der Waals surface area contributed by atoms with Crippen LogP contribution < -0.4 is 21.9 Å². The van der Waals surface area contributed by atoms with Gasteiger partial charge < -0.3 is 21.9 Å². The van der Waals surface area contributed by atoms with Gasteiger partial charge in [-0.1, -0.05) is 0 Å². The molecule has 0 atom stereocenters. The highest BCUT2D eigenvalue weighted by atomic mass is 79.9. The standard InChI is InChI=1S/C9H12BrN5O/c1-16-7-4-5(2-3-6(7)10)14-9(13)15-8(11)12/h2-4H,1H3,(H6,11,12,13,14,15). The Morgan fingerprint density at radius 3 is 2.56 bits per heavy atom. The van der Waals surface area contributed by atoms with Gasteiger partial charge in [0.1, 0.15) is 5.75 Å². The number of rotatable bonds is 2. The van der Waals surface area contributed by atoms with Crippen molar-refractivity contribution in [2.24, 2.45) is 27.2 Å². The number of nitrogens with zero attached hydrogens (tertiary/aromatic N) is 2. The lowest BCUT2D eigenvalue weighted by atomic mass is 10.3. The molecule has 86 valence electrons. The number of hydrogen-bond acceptors (Lipinski definition) is 2. The molecule has 0 fully saturated rings. The van der Waals surface area contributed by atoms with E-state index in [1.807, 2.05) is 0 Å². The molecule has 1 aromatic carbocycles. The maximum atomic E-state index is 5.49. The highest BCUT2D eigenvalue weighted by Crippen LogP contribution is 2.29. The largest absolute Gasteiger partial charge is 0.495 e. The molecule has 0 heterocycles. The quantitative estimate of drug-likeness (QED) is 0.548. The molecular weight excluding hydrogens is 274 g/mol. The van der Waals surface area contributed by atoms with Gasteiger partial charge in [-0.15, -0.1) is 0 Å². The van der Waals surface area contributed by atoms with Crippen LogP contribution in [-0.4, -0.2) is 19.0 Å². The highest BCUT2D eigenvalue weighted by molar-refractivity contribution is 9.10. The normalized spacial score (nSPS) is 11.0. The van der Waals surface area contributed by atoms with E-state index in [0.29, 0.717) is 11.4 Å². The van der Waals surface area contributed by atoms with E-state index >= 15 is 0 Å². The summed E-state index contributed by atoms with van der Waals surface area (Å²) in [6.07, 6.45) is 0. The van der Waals surface area contributed by atoms with Gasteiger partial charge in [0.2, 0.25) is 5.96 Å². The lowest BCUT2D eigenvalue weighted by Gasteiger charge is -2.03. The Bertz CT molecular complexity index is 440. The molecule has 0 aliphatic carbocycles. The SMILES string of the molecule is COc1cc(N=C(N)N=C(N)N)ccc1Br. The van der Waals surface area contributed by atoms with Crippen molar-refractivity contribution in [1.82, 2.24) is 0 Å². The summed E-state index contributed by atoms with van der Waals surface area (Å²) in [6, 6.07) is 5.25. The van der Waals surface area contributed by atoms with E-state index in [9.17, 15) is 0 Å². The summed E-state index contributed by atoms with van der Waals surface area (Å²) in [7, 11) is 1.56. The molecule has 0 unspecified atom stereocenters. The van der Waals surface area contributed by atoms with E-state index in [0.717, 1.165) is 4.47 Å². The molecule has 0 amide bonds. The third-order valence-electron chi connectivity index (χ3n) is 1.62. The Labute approximate surface area is 101 Å². The van der Waals surface area contributed by atoms with E-state index in [1.54, 1.807) is 25.3 Å². The number of methoxy groups -OCH3 is 1. The van der Waals surface area contributed by atoms with E-state index < -0.39 is 0 Å². The smallest absolute Gasteiger partial charge is 0.223 e. The molecule has 0 aliphatic rings. The van der Waals surface area contributed by atoms with Gasteiger partial charge in [-0.3, -0.25) is 0 Å². The number of benzene rings is 1. The summed E-state index contributed by atoms with van der Waals surface area (Å²) in [5.41, 5.74) is 16.4. The molecule has 0 radical (unpaired) electrons. The van der Waals surface area contributed by atoms with Crippen molar-refractivity contribution < 1.29 is 4.74 Å². The van der Waals surface area contributed by atoms with Crippen LogP contribution in [0.15, 0.2) is 32.7 Å². The molecule has 0 saturated heterocycles. The Kier molecular flexibility index (Phi) is 4.12. The maximum Gasteiger partial charge on any atom is 0.223 e. The van der Waals surface area contributed by atoms with Crippen LogP contribution in [-0.2, 0) is 0 Å². The van der Waals surface area contributed by atoms with Gasteiger partial charge in [0.15, 0.2) is 5.96 Å². The fourth-order valence-corrected chi connectivity index (χ4v) is 1.42. The van der Waals surface area contributed by atoms with Gasteiger partial charge in [-0.2, -0.15) is 4.99 Å². The molecule has 1 aromatic rings. The Balaban J connectivity index is 3.02. The fraction of sp³-hybridized carbons (Fsp3) is 0.111. The summed E-state index contributed by atoms with van der Waals surface area (Å²) in [6.45, 7) is 0. The molecule has 1 rings (SSSR count). The zero-order valence-electron chi connectivity index (χ0n) is 8.64. The molecule has 0 bridgehead atoms. The average Bonchev–Trinajstić information content (AvgIpc) is 2.19. The number of nitrogens with two attached hydrogens (primary N) is 3. The number of hydrogen-bond donors (Lipinski definition) is 3. The van der Waals surface area contributed by atoms with Crippen molar-refractivity contribution in [2.45, 2.75) is 0 Å². The molecule has 16 heavy (non-hydrogen) atoms. The van der Waals surface area contributed by atoms with Crippen LogP contribution in [0.25, 0.3) is 0 Å². The van der Waals surface area contributed by atoms with Crippen LogP contribution in [0.4, 0.5) is 5.69 Å². The third kappa shape index (κ3) is 3.43. The molecule has 7 heteroatoms. The van der Waals surface area contributed by atoms with Crippen LogP contribution in [0, 0.1) is 0 Å². The summed E-state index contributed by atoms with van der Waals surface area (Å²) in [5, 5.41) is 0. The number of halogens is 1. The molecule has 0 spiro atoms. The van der Waals surface area contributed by atoms with Crippen molar-refractivity contribution in [1.29, 1.82) is 0 Å². The van der Waals surface area contributed by atoms with Crippen LogP contribution in [0.1, 0.15) is 0 Å². The number of guanidine groups is 2. The zero-order chi connectivity index (χ0) is 12.1. The highest BCUT2D eigenvalue weighted by Gasteiger charge is 2.01. The van der Waals surface area contributed by atoms with E-state index in [-0.39, 0.29) is 11.9 Å². The topological polar surface area (TPSA) is 112 Å². The second-order valence-electron chi connectivity index (χ2n) is 2.83. The van der Waals surface area contributed by atoms with Crippen LogP contribution in [0.5, 0.6) is 5.75 Å². The zero-order valence-corrected chi connectivity index (χ0v) is 10.2. The van der Waals surface area contributed by atoms with Crippen LogP contribution >= 0.6 is 15.9 Å². The maximum absolute atomic E-state index is 5.49. The molecule has 0 aromatic heterocycles. The number of aliphatic imine (C=N–C) groups is 2. The van der Waals surface area contributed by atoms with Crippen molar-refractivity contribution in [3.05, 3.63) is 22.7 Å². The predicted octanol–water partition coefficient (Wildman–Crippen LogP) is 0.677. The Morgan fingerprint density at radius 1 is 1.31 bits per heavy atom. The van der Waals surface area contributed by atoms with Crippen LogP contribution in [0.2, 0.25) is 0 Å². The van der Waals surface area contributed by atoms with E-state index in [4.69, 9.17) is 21.9 Å². The summed E-state index contributed by atoms with van der Waals surface area (Å²) < 4.78 is 5.93. The first kappa shape index (κ1) is 12.3. The van der Waals surface area contributed by atoms with Crippen molar-refractivity contribution >= 4 is 33.5 Å². The molecule has 0 aliphatic heterocycles. The summed E-state index contributed by atoms with van der Waals surface area (Å²) >= 11 is 3.32. The monoisotopic (exact) mass is 285 g/mol. The minimum atomic E-state index is -0.134. The van der Waals surface area contributed by atoms with Gasteiger partial charge in [0, 0.05) is 6.07 Å². The molecule has 6 nitrogen and oxygen atoms in total. The summed E-state index contributed by atoms with van der Waals surface area (Å²) in [5.74, 6) is 0.508. The van der Waals surface area contributed by atoms with Crippen molar-refractivity contribution in [2.75, 3.05) is 7.11 Å². The minimum absolute atomic E-state index is 0.00984. The predicted molar refractivity (Wildman–Crippen MR) is 67.8 cm³/mol. The number of ether oxygens (including phenoxy) is 1. The fourth-order valence-electron chi connectivity index (χ4n) is 1.01. The van der Waals surface area contributed by atoms with Gasteiger partial charge in [0.05, 0.1) is 17.3 Å². The third-order valence-corrected chi connectivity index (χ3v) is 2.28. The second-order valence-corrected chi connectivity index (χ2v) is 3.68. The first-order chi connectivity index (χ1) is 7.52. The van der Waals surface area contributed by atoms with Gasteiger partial charge in [-0.05, 0) is 28.1 Å². The Hall–Kier alpha value is -1.76. The van der Waals surface area contributed by atoms with Crippen LogP contribution in [0.3, 0.4) is 0 Å². The lowest BCUT2D eigenvalue weighted by Crippen LogP contribution is -2.26. The van der Waals surface area contributed by atoms with Gasteiger partial charge in [-0.25, -0.2) is 4.99 Å². The Morgan fingerprint density at radius 2 is 2.00 bits per heavy atom. The van der Waals surface area contributed by atoms with Crippen molar-refractivity contribution in [3.63, 3.8) is 0 Å². The summed E-state index contributed by atoms with van der Waals surface area (Å²) in [4.78, 5) is 7.59. The molecule has 6 N–H and O–H groups in total. The van der Waals surface area contributed by atoms with Crippen molar-refractivity contribution in [3.8, 4) is 5.75 Å². The molecule has 0 saturated carbocycles. The van der Waals surface area contributed by atoms with Gasteiger partial charge >= 0.3 is 0 Å². The minimum Gasteiger partial charge on any atom is -0.495 e. The second kappa shape index (κ2) is 5.36.